The van der Waals surface area contributed by atoms with Crippen molar-refractivity contribution < 1.29 is 28.7 Å². The fourth-order valence-corrected chi connectivity index (χ4v) is 2.39. The number of imide groups is 1. The predicted octanol–water partition coefficient (Wildman–Crippen LogP) is 0.737. The third-order valence-electron chi connectivity index (χ3n) is 3.80. The Morgan fingerprint density at radius 2 is 1.69 bits per heavy atom. The summed E-state index contributed by atoms with van der Waals surface area (Å²) in [5.41, 5.74) is 3.84. The first-order valence-corrected chi connectivity index (χ1v) is 9.44. The highest BCUT2D eigenvalue weighted by atomic mass is 16.6. The smallest absolute Gasteiger partial charge is 0.408 e. The van der Waals surface area contributed by atoms with Crippen LogP contribution in [0, 0.1) is 6.42 Å². The van der Waals surface area contributed by atoms with E-state index in [1.54, 1.807) is 27.7 Å². The Bertz CT molecular complexity index is 650. The molecule has 1 heterocycles. The fraction of sp³-hybridized carbons (Fsp3) is 0.579. The van der Waals surface area contributed by atoms with Crippen LogP contribution in [-0.4, -0.2) is 52.8 Å². The molecule has 0 aliphatic carbocycles. The van der Waals surface area contributed by atoms with Gasteiger partial charge in [-0.15, -0.1) is 0 Å². The Kier molecular flexibility index (Phi) is 9.30. The highest BCUT2D eigenvalue weighted by Crippen LogP contribution is 2.08. The quantitative estimate of drug-likeness (QED) is 0.292. The number of unbranched alkanes of at least 4 members (excludes halogenated alkanes) is 2. The summed E-state index contributed by atoms with van der Waals surface area (Å²) in [6, 6.07) is -0.964. The summed E-state index contributed by atoms with van der Waals surface area (Å²) in [4.78, 5) is 59.6. The molecule has 3 N–H and O–H groups in total. The topological polar surface area (TPSA) is 134 Å². The van der Waals surface area contributed by atoms with E-state index in [0.717, 1.165) is 4.90 Å². The Hall–Kier alpha value is -2.91. The van der Waals surface area contributed by atoms with Gasteiger partial charge >= 0.3 is 6.09 Å². The number of hydrazine groups is 1. The molecule has 5 amide bonds. The molecule has 1 atom stereocenters. The zero-order valence-corrected chi connectivity index (χ0v) is 17.2. The van der Waals surface area contributed by atoms with Gasteiger partial charge in [0, 0.05) is 25.1 Å². The Morgan fingerprint density at radius 3 is 2.24 bits per heavy atom. The van der Waals surface area contributed by atoms with Gasteiger partial charge < -0.3 is 10.1 Å². The number of alkyl carbamates (subject to hydrolysis) is 1. The molecule has 0 spiro atoms. The van der Waals surface area contributed by atoms with E-state index in [9.17, 15) is 24.0 Å². The van der Waals surface area contributed by atoms with Gasteiger partial charge in [0.25, 0.3) is 17.7 Å². The molecular formula is C19H29N4O6. The van der Waals surface area contributed by atoms with Crippen LogP contribution in [-0.2, 0) is 23.9 Å². The van der Waals surface area contributed by atoms with Crippen molar-refractivity contribution in [1.82, 2.24) is 21.1 Å². The minimum absolute atomic E-state index is 0.167. The maximum atomic E-state index is 12.1. The van der Waals surface area contributed by atoms with E-state index in [2.05, 4.69) is 16.2 Å². The van der Waals surface area contributed by atoms with Gasteiger partial charge in [-0.1, -0.05) is 13.3 Å². The third-order valence-corrected chi connectivity index (χ3v) is 3.80. The highest BCUT2D eigenvalue weighted by Gasteiger charge is 2.24. The average molecular weight is 409 g/mol. The first-order valence-electron chi connectivity index (χ1n) is 9.44. The van der Waals surface area contributed by atoms with E-state index in [1.165, 1.54) is 18.6 Å². The number of hydrogen-bond donors (Lipinski definition) is 3. The lowest BCUT2D eigenvalue weighted by atomic mass is 10.2. The van der Waals surface area contributed by atoms with Crippen LogP contribution < -0.4 is 16.2 Å². The molecule has 0 saturated carbocycles. The van der Waals surface area contributed by atoms with E-state index in [0.29, 0.717) is 25.8 Å². The zero-order chi connectivity index (χ0) is 22.0. The molecule has 10 heteroatoms. The van der Waals surface area contributed by atoms with Crippen LogP contribution in [0.5, 0.6) is 0 Å². The number of rotatable bonds is 9. The number of ether oxygens (including phenoxy) is 1. The maximum absolute atomic E-state index is 12.1. The second-order valence-electron chi connectivity index (χ2n) is 7.47. The minimum Gasteiger partial charge on any atom is -0.444 e. The van der Waals surface area contributed by atoms with Crippen molar-refractivity contribution >= 4 is 29.7 Å². The molecule has 29 heavy (non-hydrogen) atoms. The van der Waals surface area contributed by atoms with Gasteiger partial charge in [0.1, 0.15) is 11.6 Å². The highest BCUT2D eigenvalue weighted by molar-refractivity contribution is 6.12. The number of carbonyl (C=O) groups excluding carboxylic acids is 5. The van der Waals surface area contributed by atoms with Crippen molar-refractivity contribution in [3.63, 3.8) is 0 Å². The lowest BCUT2D eigenvalue weighted by Crippen LogP contribution is -2.52. The summed E-state index contributed by atoms with van der Waals surface area (Å²) in [6.45, 7) is 7.02. The van der Waals surface area contributed by atoms with E-state index in [4.69, 9.17) is 4.74 Å². The van der Waals surface area contributed by atoms with Gasteiger partial charge in [-0.2, -0.15) is 0 Å². The van der Waals surface area contributed by atoms with Crippen LogP contribution in [0.1, 0.15) is 53.4 Å². The standard InChI is InChI=1S/C19H29N4O6/c1-5-13(20-18(28)29-19(2,3)4)17(27)22-21-14(24)9-7-6-8-12-23-15(25)10-11-16(23)26/h5,10-11,13H,6-9,12H2,1-4H3,(H,20,28)(H,21,24)(H,22,27)/t13-/m0/s1. The van der Waals surface area contributed by atoms with Crippen LogP contribution in [0.4, 0.5) is 4.79 Å². The molecule has 0 aromatic carbocycles. The zero-order valence-electron chi connectivity index (χ0n) is 17.2. The lowest BCUT2D eigenvalue weighted by Gasteiger charge is -2.22. The van der Waals surface area contributed by atoms with Crippen molar-refractivity contribution in [3.8, 4) is 0 Å². The van der Waals surface area contributed by atoms with E-state index in [1.807, 2.05) is 0 Å². The number of carbonyl (C=O) groups is 5. The molecule has 0 unspecified atom stereocenters. The third kappa shape index (κ3) is 9.22. The van der Waals surface area contributed by atoms with E-state index in [-0.39, 0.29) is 24.1 Å². The Morgan fingerprint density at radius 1 is 1.07 bits per heavy atom. The molecule has 0 aromatic rings. The molecule has 10 nitrogen and oxygen atoms in total. The number of amides is 5. The van der Waals surface area contributed by atoms with Crippen molar-refractivity contribution in [1.29, 1.82) is 0 Å². The second-order valence-corrected chi connectivity index (χ2v) is 7.47. The van der Waals surface area contributed by atoms with Crippen molar-refractivity contribution in [2.75, 3.05) is 6.54 Å². The molecule has 1 aliphatic rings. The van der Waals surface area contributed by atoms with Crippen LogP contribution >= 0.6 is 0 Å². The summed E-state index contributed by atoms with van der Waals surface area (Å²) < 4.78 is 5.09. The summed E-state index contributed by atoms with van der Waals surface area (Å²) in [7, 11) is 0. The molecule has 0 fully saturated rings. The fourth-order valence-electron chi connectivity index (χ4n) is 2.39. The van der Waals surface area contributed by atoms with Gasteiger partial charge in [0.15, 0.2) is 0 Å². The molecule has 0 saturated heterocycles. The van der Waals surface area contributed by atoms with Gasteiger partial charge in [0.2, 0.25) is 5.91 Å². The monoisotopic (exact) mass is 409 g/mol. The SMILES string of the molecule is C[CH][C@H](NC(=O)OC(C)(C)C)C(=O)NNC(=O)CCCCCN1C(=O)C=CC1=O. The molecule has 1 radical (unpaired) electrons. The Balaban J connectivity index is 2.21. The van der Waals surface area contributed by atoms with Crippen molar-refractivity contribution in [3.05, 3.63) is 18.6 Å². The first kappa shape index (κ1) is 24.1. The molecule has 1 rings (SSSR count). The normalized spacial score (nSPS) is 14.6. The van der Waals surface area contributed by atoms with Crippen molar-refractivity contribution in [2.24, 2.45) is 0 Å². The summed E-state index contributed by atoms with van der Waals surface area (Å²) in [5, 5.41) is 2.40. The van der Waals surface area contributed by atoms with Crippen molar-refractivity contribution in [2.45, 2.75) is 65.0 Å². The molecule has 0 aromatic heterocycles. The lowest BCUT2D eigenvalue weighted by molar-refractivity contribution is -0.137. The number of hydrogen-bond acceptors (Lipinski definition) is 6. The van der Waals surface area contributed by atoms with Crippen LogP contribution in [0.3, 0.4) is 0 Å². The largest absolute Gasteiger partial charge is 0.444 e. The molecule has 0 bridgehead atoms. The maximum Gasteiger partial charge on any atom is 0.408 e. The second kappa shape index (κ2) is 11.2. The number of nitrogens with zero attached hydrogens (tertiary/aromatic N) is 1. The molecule has 1 aliphatic heterocycles. The number of nitrogens with one attached hydrogen (secondary N) is 3. The van der Waals surface area contributed by atoms with Crippen LogP contribution in [0.25, 0.3) is 0 Å². The van der Waals surface area contributed by atoms with Gasteiger partial charge in [-0.05, 0) is 40.0 Å². The average Bonchev–Trinajstić information content (AvgIpc) is 2.94. The first-order chi connectivity index (χ1) is 13.5. The Labute approximate surface area is 170 Å². The van der Waals surface area contributed by atoms with E-state index < -0.39 is 23.6 Å². The summed E-state index contributed by atoms with van der Waals surface area (Å²) in [6.07, 6.45) is 5.11. The van der Waals surface area contributed by atoms with Crippen LogP contribution in [0.15, 0.2) is 12.2 Å². The summed E-state index contributed by atoms with van der Waals surface area (Å²) in [5.74, 6) is -1.64. The van der Waals surface area contributed by atoms with Crippen LogP contribution in [0.2, 0.25) is 0 Å². The van der Waals surface area contributed by atoms with Gasteiger partial charge in [-0.3, -0.25) is 34.9 Å². The van der Waals surface area contributed by atoms with Gasteiger partial charge in [0.05, 0.1) is 0 Å². The molecular weight excluding hydrogens is 380 g/mol. The van der Waals surface area contributed by atoms with E-state index >= 15 is 0 Å². The van der Waals surface area contributed by atoms with Gasteiger partial charge in [-0.25, -0.2) is 4.79 Å². The summed E-state index contributed by atoms with van der Waals surface area (Å²) >= 11 is 0. The molecule has 161 valence electrons. The minimum atomic E-state index is -0.964. The predicted molar refractivity (Wildman–Crippen MR) is 104 cm³/mol.